The fourth-order valence-electron chi connectivity index (χ4n) is 3.92. The number of nitrogens with zero attached hydrogens (tertiary/aromatic N) is 1. The molecule has 0 atom stereocenters. The third-order valence-corrected chi connectivity index (χ3v) is 8.07. The molecule has 3 aromatic carbocycles. The Morgan fingerprint density at radius 2 is 1.73 bits per heavy atom. The molecule has 1 saturated heterocycles. The molecule has 1 amide bonds. The highest BCUT2D eigenvalue weighted by Gasteiger charge is 2.33. The van der Waals surface area contributed by atoms with E-state index in [9.17, 15) is 13.2 Å². The van der Waals surface area contributed by atoms with Gasteiger partial charge in [-0.2, -0.15) is 4.31 Å². The average molecular weight is 529 g/mol. The van der Waals surface area contributed by atoms with Crippen LogP contribution in [0.3, 0.4) is 0 Å². The van der Waals surface area contributed by atoms with Gasteiger partial charge in [-0.1, -0.05) is 22.0 Å². The SMILES string of the molecule is Cc1ccc2c(c1)NC(=O)c1cc(S(=O)(=O)N3CCCC3)c(Oc3ccc(Br)cc3)cc1O2. The van der Waals surface area contributed by atoms with Crippen LogP contribution in [0.2, 0.25) is 0 Å². The van der Waals surface area contributed by atoms with Gasteiger partial charge in [0.1, 0.15) is 16.4 Å². The van der Waals surface area contributed by atoms with Crippen molar-refractivity contribution in [3.63, 3.8) is 0 Å². The summed E-state index contributed by atoms with van der Waals surface area (Å²) < 4.78 is 41.4. The van der Waals surface area contributed by atoms with E-state index in [-0.39, 0.29) is 22.0 Å². The minimum absolute atomic E-state index is 0.0630. The Morgan fingerprint density at radius 1 is 1.00 bits per heavy atom. The van der Waals surface area contributed by atoms with Gasteiger partial charge in [0.25, 0.3) is 5.91 Å². The Morgan fingerprint density at radius 3 is 2.45 bits per heavy atom. The maximum atomic E-state index is 13.5. The number of anilines is 1. The molecule has 3 aromatic rings. The molecule has 9 heteroatoms. The number of halogens is 1. The number of carbonyl (C=O) groups excluding carboxylic acids is 1. The van der Waals surface area contributed by atoms with Crippen molar-refractivity contribution in [2.45, 2.75) is 24.7 Å². The molecule has 0 radical (unpaired) electrons. The van der Waals surface area contributed by atoms with E-state index in [1.165, 1.54) is 16.4 Å². The van der Waals surface area contributed by atoms with Crippen LogP contribution in [0.5, 0.6) is 23.0 Å². The summed E-state index contributed by atoms with van der Waals surface area (Å²) in [6, 6.07) is 15.3. The van der Waals surface area contributed by atoms with Gasteiger partial charge in [0.05, 0.1) is 11.3 Å². The number of amides is 1. The molecule has 0 bridgehead atoms. The first-order valence-electron chi connectivity index (χ1n) is 10.5. The Hall–Kier alpha value is -2.88. The summed E-state index contributed by atoms with van der Waals surface area (Å²) in [6.07, 6.45) is 1.59. The summed E-state index contributed by atoms with van der Waals surface area (Å²) in [4.78, 5) is 13.0. The van der Waals surface area contributed by atoms with E-state index in [0.29, 0.717) is 30.3 Å². The largest absolute Gasteiger partial charge is 0.456 e. The number of aryl methyl sites for hydroxylation is 1. The van der Waals surface area contributed by atoms with E-state index in [0.717, 1.165) is 22.9 Å². The van der Waals surface area contributed by atoms with Gasteiger partial charge in [0, 0.05) is 23.6 Å². The van der Waals surface area contributed by atoms with Gasteiger partial charge in [0.15, 0.2) is 11.5 Å². The summed E-state index contributed by atoms with van der Waals surface area (Å²) in [6.45, 7) is 2.78. The minimum Gasteiger partial charge on any atom is -0.456 e. The van der Waals surface area contributed by atoms with E-state index in [1.807, 2.05) is 13.0 Å². The van der Waals surface area contributed by atoms with Crippen molar-refractivity contribution in [3.8, 4) is 23.0 Å². The van der Waals surface area contributed by atoms with E-state index in [4.69, 9.17) is 9.47 Å². The number of sulfonamides is 1. The van der Waals surface area contributed by atoms with Crippen molar-refractivity contribution in [1.29, 1.82) is 0 Å². The first-order valence-corrected chi connectivity index (χ1v) is 12.8. The van der Waals surface area contributed by atoms with Gasteiger partial charge in [-0.15, -0.1) is 0 Å². The molecule has 2 heterocycles. The first-order chi connectivity index (χ1) is 15.8. The topological polar surface area (TPSA) is 84.9 Å². The summed E-state index contributed by atoms with van der Waals surface area (Å²) in [5.41, 5.74) is 1.61. The summed E-state index contributed by atoms with van der Waals surface area (Å²) in [5.74, 6) is 0.818. The zero-order valence-corrected chi connectivity index (χ0v) is 20.2. The number of hydrogen-bond acceptors (Lipinski definition) is 5. The van der Waals surface area contributed by atoms with Crippen LogP contribution in [0.25, 0.3) is 0 Å². The molecule has 0 aromatic heterocycles. The molecule has 1 N–H and O–H groups in total. The summed E-state index contributed by atoms with van der Waals surface area (Å²) in [5, 5.41) is 2.82. The van der Waals surface area contributed by atoms with Crippen molar-refractivity contribution >= 4 is 37.5 Å². The maximum Gasteiger partial charge on any atom is 0.259 e. The van der Waals surface area contributed by atoms with Gasteiger partial charge in [-0.25, -0.2) is 8.42 Å². The highest BCUT2D eigenvalue weighted by Crippen LogP contribution is 2.42. The molecular formula is C24H21BrN2O5S. The molecule has 1 fully saturated rings. The van der Waals surface area contributed by atoms with Gasteiger partial charge in [-0.05, 0) is 67.8 Å². The van der Waals surface area contributed by atoms with Crippen LogP contribution in [0, 0.1) is 6.92 Å². The summed E-state index contributed by atoms with van der Waals surface area (Å²) >= 11 is 3.38. The van der Waals surface area contributed by atoms with Crippen LogP contribution in [0.15, 0.2) is 64.0 Å². The number of benzene rings is 3. The van der Waals surface area contributed by atoms with E-state index in [1.54, 1.807) is 36.4 Å². The number of carbonyl (C=O) groups is 1. The number of nitrogens with one attached hydrogen (secondary N) is 1. The predicted molar refractivity (Wildman–Crippen MR) is 128 cm³/mol. The molecule has 5 rings (SSSR count). The lowest BCUT2D eigenvalue weighted by Crippen LogP contribution is -2.28. The fourth-order valence-corrected chi connectivity index (χ4v) is 5.82. The van der Waals surface area contributed by atoms with E-state index in [2.05, 4.69) is 21.2 Å². The lowest BCUT2D eigenvalue weighted by atomic mass is 10.1. The van der Waals surface area contributed by atoms with Crippen molar-refractivity contribution in [2.24, 2.45) is 0 Å². The minimum atomic E-state index is -3.88. The molecule has 0 spiro atoms. The second-order valence-electron chi connectivity index (χ2n) is 8.02. The molecule has 170 valence electrons. The van der Waals surface area contributed by atoms with Gasteiger partial charge in [0.2, 0.25) is 10.0 Å². The molecule has 2 aliphatic heterocycles. The van der Waals surface area contributed by atoms with Gasteiger partial charge < -0.3 is 14.8 Å². The normalized spacial score (nSPS) is 15.8. The molecule has 0 saturated carbocycles. The van der Waals surface area contributed by atoms with Crippen molar-refractivity contribution in [2.75, 3.05) is 18.4 Å². The monoisotopic (exact) mass is 528 g/mol. The van der Waals surface area contributed by atoms with Crippen molar-refractivity contribution in [3.05, 3.63) is 70.2 Å². The molecule has 0 aliphatic carbocycles. The maximum absolute atomic E-state index is 13.5. The Kier molecular flexibility index (Phi) is 5.64. The van der Waals surface area contributed by atoms with E-state index >= 15 is 0 Å². The number of rotatable bonds is 4. The Bertz CT molecular complexity index is 1350. The highest BCUT2D eigenvalue weighted by atomic mass is 79.9. The lowest BCUT2D eigenvalue weighted by Gasteiger charge is -2.20. The van der Waals surface area contributed by atoms with Crippen LogP contribution in [0.1, 0.15) is 28.8 Å². The van der Waals surface area contributed by atoms with Crippen LogP contribution in [0.4, 0.5) is 5.69 Å². The quantitative estimate of drug-likeness (QED) is 0.469. The second kappa shape index (κ2) is 8.48. The molecule has 7 nitrogen and oxygen atoms in total. The van der Waals surface area contributed by atoms with Crippen molar-refractivity contribution < 1.29 is 22.7 Å². The predicted octanol–water partition coefficient (Wildman–Crippen LogP) is 5.69. The second-order valence-corrected chi connectivity index (χ2v) is 10.8. The first kappa shape index (κ1) is 21.9. The number of fused-ring (bicyclic) bond motifs is 2. The third-order valence-electron chi connectivity index (χ3n) is 5.62. The molecule has 33 heavy (non-hydrogen) atoms. The van der Waals surface area contributed by atoms with Crippen molar-refractivity contribution in [1.82, 2.24) is 4.31 Å². The smallest absolute Gasteiger partial charge is 0.259 e. The Balaban J connectivity index is 1.65. The zero-order valence-electron chi connectivity index (χ0n) is 17.8. The molecule has 2 aliphatic rings. The van der Waals surface area contributed by atoms with E-state index < -0.39 is 15.9 Å². The third kappa shape index (κ3) is 4.23. The summed E-state index contributed by atoms with van der Waals surface area (Å²) in [7, 11) is -3.88. The zero-order chi connectivity index (χ0) is 23.2. The Labute approximate surface area is 200 Å². The van der Waals surface area contributed by atoms with Gasteiger partial charge >= 0.3 is 0 Å². The number of ether oxygens (including phenoxy) is 2. The van der Waals surface area contributed by atoms with Crippen LogP contribution < -0.4 is 14.8 Å². The molecular weight excluding hydrogens is 508 g/mol. The number of hydrogen-bond donors (Lipinski definition) is 1. The molecule has 0 unspecified atom stereocenters. The fraction of sp³-hybridized carbons (Fsp3) is 0.208. The van der Waals surface area contributed by atoms with Crippen LogP contribution >= 0.6 is 15.9 Å². The van der Waals surface area contributed by atoms with Gasteiger partial charge in [-0.3, -0.25) is 4.79 Å². The van der Waals surface area contributed by atoms with Crippen LogP contribution in [-0.2, 0) is 10.0 Å². The highest BCUT2D eigenvalue weighted by molar-refractivity contribution is 9.10. The lowest BCUT2D eigenvalue weighted by molar-refractivity contribution is 0.102. The average Bonchev–Trinajstić information content (AvgIpc) is 3.29. The van der Waals surface area contributed by atoms with Crippen LogP contribution in [-0.4, -0.2) is 31.7 Å². The standard InChI is InChI=1S/C24H21BrN2O5S/c1-15-4-9-20-19(12-15)26-24(28)18-13-23(33(29,30)27-10-2-3-11-27)22(14-21(18)32-20)31-17-7-5-16(25)6-8-17/h4-9,12-14H,2-3,10-11H2,1H3,(H,26,28).